The fraction of sp³-hybridized carbons (Fsp3) is 0.769. The molecular formula is C13H22N4O3. The first-order chi connectivity index (χ1) is 9.59. The van der Waals surface area contributed by atoms with E-state index in [0.717, 1.165) is 19.3 Å². The molecule has 4 amide bonds. The van der Waals surface area contributed by atoms with Crippen molar-refractivity contribution in [3.8, 4) is 0 Å². The molecule has 0 bridgehead atoms. The van der Waals surface area contributed by atoms with Crippen molar-refractivity contribution >= 4 is 17.8 Å². The Kier molecular flexibility index (Phi) is 4.59. The predicted octanol–water partition coefficient (Wildman–Crippen LogP) is -0.294. The van der Waals surface area contributed by atoms with Crippen molar-refractivity contribution in [1.82, 2.24) is 15.5 Å². The van der Waals surface area contributed by atoms with Gasteiger partial charge in [-0.15, -0.1) is 0 Å². The van der Waals surface area contributed by atoms with E-state index < -0.39 is 5.54 Å². The van der Waals surface area contributed by atoms with Crippen LogP contribution in [0.15, 0.2) is 0 Å². The van der Waals surface area contributed by atoms with E-state index in [9.17, 15) is 14.4 Å². The van der Waals surface area contributed by atoms with Crippen LogP contribution < -0.4 is 16.4 Å². The highest BCUT2D eigenvalue weighted by Crippen LogP contribution is 2.33. The SMILES string of the molecule is NCCNC(=O)CCN1C(=O)NC2(CCCCC2)C1=O. The second-order valence-corrected chi connectivity index (χ2v) is 5.42. The maximum Gasteiger partial charge on any atom is 0.325 e. The summed E-state index contributed by atoms with van der Waals surface area (Å²) < 4.78 is 0. The second kappa shape index (κ2) is 6.21. The maximum absolute atomic E-state index is 12.4. The molecule has 0 atom stereocenters. The van der Waals surface area contributed by atoms with Crippen LogP contribution in [0.1, 0.15) is 38.5 Å². The summed E-state index contributed by atoms with van der Waals surface area (Å²) in [6.45, 7) is 0.906. The Morgan fingerprint density at radius 1 is 1.30 bits per heavy atom. The van der Waals surface area contributed by atoms with E-state index in [4.69, 9.17) is 5.73 Å². The lowest BCUT2D eigenvalue weighted by Crippen LogP contribution is -2.48. The van der Waals surface area contributed by atoms with E-state index in [1.165, 1.54) is 4.90 Å². The van der Waals surface area contributed by atoms with Crippen molar-refractivity contribution in [2.75, 3.05) is 19.6 Å². The van der Waals surface area contributed by atoms with Gasteiger partial charge in [-0.3, -0.25) is 14.5 Å². The molecule has 0 radical (unpaired) electrons. The summed E-state index contributed by atoms with van der Waals surface area (Å²) in [5.74, 6) is -0.366. The number of urea groups is 1. The second-order valence-electron chi connectivity index (χ2n) is 5.42. The van der Waals surface area contributed by atoms with Crippen molar-refractivity contribution in [1.29, 1.82) is 0 Å². The fourth-order valence-electron chi connectivity index (χ4n) is 2.89. The molecule has 112 valence electrons. The van der Waals surface area contributed by atoms with Gasteiger partial charge in [-0.05, 0) is 12.8 Å². The normalized spacial score (nSPS) is 21.1. The molecule has 1 saturated heterocycles. The number of carbonyl (C=O) groups excluding carboxylic acids is 3. The van der Waals surface area contributed by atoms with Gasteiger partial charge in [0.1, 0.15) is 5.54 Å². The molecule has 0 aromatic rings. The zero-order valence-corrected chi connectivity index (χ0v) is 11.6. The number of hydrogen-bond acceptors (Lipinski definition) is 4. The number of rotatable bonds is 5. The van der Waals surface area contributed by atoms with Gasteiger partial charge in [-0.2, -0.15) is 0 Å². The first kappa shape index (κ1) is 14.8. The minimum atomic E-state index is -0.705. The predicted molar refractivity (Wildman–Crippen MR) is 72.7 cm³/mol. The molecule has 1 spiro atoms. The van der Waals surface area contributed by atoms with Crippen LogP contribution in [-0.2, 0) is 9.59 Å². The molecule has 0 aromatic carbocycles. The average Bonchev–Trinajstić information content (AvgIpc) is 2.66. The van der Waals surface area contributed by atoms with Gasteiger partial charge < -0.3 is 16.4 Å². The third-order valence-electron chi connectivity index (χ3n) is 3.98. The van der Waals surface area contributed by atoms with Gasteiger partial charge in [0.15, 0.2) is 0 Å². The average molecular weight is 282 g/mol. The van der Waals surface area contributed by atoms with Gasteiger partial charge in [0, 0.05) is 26.1 Å². The molecular weight excluding hydrogens is 260 g/mol. The van der Waals surface area contributed by atoms with Crippen molar-refractivity contribution in [3.05, 3.63) is 0 Å². The number of nitrogens with zero attached hydrogens (tertiary/aromatic N) is 1. The number of nitrogens with one attached hydrogen (secondary N) is 2. The van der Waals surface area contributed by atoms with Gasteiger partial charge in [-0.25, -0.2) is 4.79 Å². The Labute approximate surface area is 118 Å². The fourth-order valence-corrected chi connectivity index (χ4v) is 2.89. The number of hydrogen-bond donors (Lipinski definition) is 3. The summed E-state index contributed by atoms with van der Waals surface area (Å²) in [5, 5.41) is 5.45. The highest BCUT2D eigenvalue weighted by atomic mass is 16.2. The largest absolute Gasteiger partial charge is 0.355 e. The van der Waals surface area contributed by atoms with E-state index in [0.29, 0.717) is 25.9 Å². The van der Waals surface area contributed by atoms with Crippen molar-refractivity contribution in [2.45, 2.75) is 44.1 Å². The van der Waals surface area contributed by atoms with Crippen molar-refractivity contribution < 1.29 is 14.4 Å². The van der Waals surface area contributed by atoms with Crippen molar-refractivity contribution in [3.63, 3.8) is 0 Å². The van der Waals surface area contributed by atoms with Crippen LogP contribution in [0.2, 0.25) is 0 Å². The van der Waals surface area contributed by atoms with E-state index in [2.05, 4.69) is 10.6 Å². The number of amides is 4. The lowest BCUT2D eigenvalue weighted by molar-refractivity contribution is -0.132. The first-order valence-corrected chi connectivity index (χ1v) is 7.20. The highest BCUT2D eigenvalue weighted by molar-refractivity contribution is 6.07. The molecule has 1 aliphatic heterocycles. The van der Waals surface area contributed by atoms with E-state index in [-0.39, 0.29) is 30.8 Å². The zero-order chi connectivity index (χ0) is 14.6. The minimum Gasteiger partial charge on any atom is -0.355 e. The molecule has 7 heteroatoms. The molecule has 1 saturated carbocycles. The van der Waals surface area contributed by atoms with Crippen LogP contribution in [0, 0.1) is 0 Å². The van der Waals surface area contributed by atoms with E-state index >= 15 is 0 Å². The summed E-state index contributed by atoms with van der Waals surface area (Å²) in [5.41, 5.74) is 4.58. The van der Waals surface area contributed by atoms with Gasteiger partial charge in [0.25, 0.3) is 5.91 Å². The van der Waals surface area contributed by atoms with Crippen molar-refractivity contribution in [2.24, 2.45) is 5.73 Å². The van der Waals surface area contributed by atoms with Crippen LogP contribution in [0.4, 0.5) is 4.79 Å². The van der Waals surface area contributed by atoms with E-state index in [1.807, 2.05) is 0 Å². The molecule has 7 nitrogen and oxygen atoms in total. The van der Waals surface area contributed by atoms with Gasteiger partial charge in [0.2, 0.25) is 5.91 Å². The Morgan fingerprint density at radius 3 is 2.65 bits per heavy atom. The summed E-state index contributed by atoms with van der Waals surface area (Å²) in [6.07, 6.45) is 4.54. The number of imide groups is 1. The Bertz CT molecular complexity index is 404. The zero-order valence-electron chi connectivity index (χ0n) is 11.6. The van der Waals surface area contributed by atoms with Gasteiger partial charge in [-0.1, -0.05) is 19.3 Å². The van der Waals surface area contributed by atoms with Gasteiger partial charge in [0.05, 0.1) is 0 Å². The van der Waals surface area contributed by atoms with Gasteiger partial charge >= 0.3 is 6.03 Å². The van der Waals surface area contributed by atoms with Crippen LogP contribution in [0.5, 0.6) is 0 Å². The Morgan fingerprint density at radius 2 is 2.00 bits per heavy atom. The molecule has 2 rings (SSSR count). The summed E-state index contributed by atoms with van der Waals surface area (Å²) in [7, 11) is 0. The third-order valence-corrected chi connectivity index (χ3v) is 3.98. The summed E-state index contributed by atoms with van der Waals surface area (Å²) >= 11 is 0. The van der Waals surface area contributed by atoms with Crippen LogP contribution >= 0.6 is 0 Å². The van der Waals surface area contributed by atoms with E-state index in [1.54, 1.807) is 0 Å². The maximum atomic E-state index is 12.4. The molecule has 2 fully saturated rings. The summed E-state index contributed by atoms with van der Waals surface area (Å²) in [6, 6.07) is -0.372. The van der Waals surface area contributed by atoms with Crippen LogP contribution in [0.3, 0.4) is 0 Å². The lowest BCUT2D eigenvalue weighted by Gasteiger charge is -2.30. The molecule has 2 aliphatic rings. The minimum absolute atomic E-state index is 0.120. The molecule has 1 aliphatic carbocycles. The molecule has 0 aromatic heterocycles. The molecule has 0 unspecified atom stereocenters. The summed E-state index contributed by atoms with van der Waals surface area (Å²) in [4.78, 5) is 37.0. The Hall–Kier alpha value is -1.63. The standard InChI is InChI=1S/C13H22N4O3/c14-7-8-15-10(18)4-9-17-11(19)13(16-12(17)20)5-2-1-3-6-13/h1-9,14H2,(H,15,18)(H,16,20). The molecule has 1 heterocycles. The number of carbonyl (C=O) groups is 3. The Balaban J connectivity index is 1.90. The first-order valence-electron chi connectivity index (χ1n) is 7.20. The van der Waals surface area contributed by atoms with Crippen LogP contribution in [-0.4, -0.2) is 47.9 Å². The monoisotopic (exact) mass is 282 g/mol. The topological polar surface area (TPSA) is 105 Å². The van der Waals surface area contributed by atoms with Crippen LogP contribution in [0.25, 0.3) is 0 Å². The third kappa shape index (κ3) is 2.92. The molecule has 4 N–H and O–H groups in total. The highest BCUT2D eigenvalue weighted by Gasteiger charge is 2.50. The lowest BCUT2D eigenvalue weighted by atomic mass is 9.82. The quantitative estimate of drug-likeness (QED) is 0.602. The molecule has 20 heavy (non-hydrogen) atoms. The smallest absolute Gasteiger partial charge is 0.325 e. The number of nitrogens with two attached hydrogens (primary N) is 1.